The summed E-state index contributed by atoms with van der Waals surface area (Å²) in [6.07, 6.45) is 1.37. The van der Waals surface area contributed by atoms with Gasteiger partial charge in [0.25, 0.3) is 11.8 Å². The largest absolute Gasteiger partial charge is 0.493 e. The minimum absolute atomic E-state index is 0.184. The highest BCUT2D eigenvalue weighted by molar-refractivity contribution is 9.10. The Morgan fingerprint density at radius 1 is 0.864 bits per heavy atom. The second-order valence-electron chi connectivity index (χ2n) is 9.43. The fraction of sp³-hybridized carbons (Fsp3) is 0.0938. The van der Waals surface area contributed by atoms with E-state index in [1.807, 2.05) is 12.1 Å². The molecule has 44 heavy (non-hydrogen) atoms. The van der Waals surface area contributed by atoms with E-state index < -0.39 is 17.8 Å². The number of hydrogen-bond donors (Lipinski definition) is 1. The van der Waals surface area contributed by atoms with Gasteiger partial charge in [-0.05, 0) is 93.8 Å². The molecular weight excluding hydrogens is 695 g/mol. The average molecular weight is 717 g/mol. The van der Waals surface area contributed by atoms with Gasteiger partial charge in [-0.15, -0.1) is 0 Å². The molecule has 8 nitrogen and oxygen atoms in total. The Bertz CT molecular complexity index is 1800. The summed E-state index contributed by atoms with van der Waals surface area (Å²) < 4.78 is 17.8. The van der Waals surface area contributed by atoms with Crippen molar-refractivity contribution in [2.75, 3.05) is 12.0 Å². The van der Waals surface area contributed by atoms with Crippen molar-refractivity contribution in [3.8, 4) is 17.2 Å². The number of carbonyl (C=O) groups is 3. The van der Waals surface area contributed by atoms with Crippen LogP contribution >= 0.6 is 50.7 Å². The number of ether oxygens (including phenoxy) is 3. The number of benzene rings is 4. The zero-order chi connectivity index (χ0) is 31.4. The number of halogens is 4. The summed E-state index contributed by atoms with van der Waals surface area (Å²) in [7, 11) is 1.47. The molecule has 0 unspecified atom stereocenters. The van der Waals surface area contributed by atoms with Crippen molar-refractivity contribution in [3.63, 3.8) is 0 Å². The maximum Gasteiger partial charge on any atom is 0.335 e. The molecule has 0 bridgehead atoms. The maximum absolute atomic E-state index is 13.4. The minimum Gasteiger partial charge on any atom is -0.493 e. The molecule has 0 aliphatic carbocycles. The maximum atomic E-state index is 13.4. The van der Waals surface area contributed by atoms with Gasteiger partial charge in [-0.1, -0.05) is 53.0 Å². The van der Waals surface area contributed by atoms with Crippen LogP contribution in [0.25, 0.3) is 6.08 Å². The van der Waals surface area contributed by atoms with Crippen LogP contribution in [0.3, 0.4) is 0 Å². The van der Waals surface area contributed by atoms with E-state index in [1.54, 1.807) is 54.6 Å². The summed E-state index contributed by atoms with van der Waals surface area (Å²) in [6, 6.07) is 21.0. The van der Waals surface area contributed by atoms with Crippen LogP contribution in [0.4, 0.5) is 10.5 Å². The van der Waals surface area contributed by atoms with E-state index in [0.29, 0.717) is 42.4 Å². The van der Waals surface area contributed by atoms with Gasteiger partial charge in [0.1, 0.15) is 24.5 Å². The van der Waals surface area contributed by atoms with Crippen LogP contribution in [0.15, 0.2) is 88.9 Å². The molecule has 5 rings (SSSR count). The van der Waals surface area contributed by atoms with E-state index in [-0.39, 0.29) is 24.5 Å². The molecule has 0 spiro atoms. The Kier molecular flexibility index (Phi) is 9.80. The van der Waals surface area contributed by atoms with Crippen LogP contribution in [-0.4, -0.2) is 25.0 Å². The summed E-state index contributed by atoms with van der Waals surface area (Å²) in [5.74, 6) is -0.359. The van der Waals surface area contributed by atoms with E-state index in [9.17, 15) is 14.4 Å². The fourth-order valence-electron chi connectivity index (χ4n) is 4.30. The summed E-state index contributed by atoms with van der Waals surface area (Å²) in [4.78, 5) is 39.8. The molecule has 0 aromatic heterocycles. The van der Waals surface area contributed by atoms with Crippen molar-refractivity contribution in [1.82, 2.24) is 5.32 Å². The molecule has 1 N–H and O–H groups in total. The molecule has 1 aliphatic rings. The Morgan fingerprint density at radius 3 is 2.32 bits per heavy atom. The Morgan fingerprint density at radius 2 is 1.61 bits per heavy atom. The number of imide groups is 2. The van der Waals surface area contributed by atoms with Crippen molar-refractivity contribution in [3.05, 3.63) is 121 Å². The number of rotatable bonds is 9. The molecule has 0 radical (unpaired) electrons. The summed E-state index contributed by atoms with van der Waals surface area (Å²) >= 11 is 21.7. The topological polar surface area (TPSA) is 94.2 Å². The Labute approximate surface area is 276 Å². The lowest BCUT2D eigenvalue weighted by Gasteiger charge is -2.26. The number of anilines is 1. The van der Waals surface area contributed by atoms with Gasteiger partial charge in [-0.2, -0.15) is 0 Å². The molecule has 4 aromatic rings. The molecule has 0 atom stereocenters. The number of nitrogens with zero attached hydrogens (tertiary/aromatic N) is 1. The van der Waals surface area contributed by atoms with E-state index in [4.69, 9.17) is 49.0 Å². The number of barbiturate groups is 1. The quantitative estimate of drug-likeness (QED) is 0.139. The monoisotopic (exact) mass is 714 g/mol. The molecule has 1 fully saturated rings. The van der Waals surface area contributed by atoms with Crippen molar-refractivity contribution >= 4 is 80.3 Å². The zero-order valence-corrected chi connectivity index (χ0v) is 26.8. The molecule has 4 amide bonds. The molecule has 1 heterocycles. The van der Waals surface area contributed by atoms with Gasteiger partial charge in [0.05, 0.1) is 17.3 Å². The van der Waals surface area contributed by atoms with Crippen LogP contribution in [0, 0.1) is 0 Å². The SMILES string of the molecule is COc1cc(/C=C2\C(=O)NC(=O)N(c3ccc(OCc4ccc(Cl)cc4Cl)cc3)C2=O)cc(Br)c1OCc1cccc(Cl)c1. The van der Waals surface area contributed by atoms with Crippen molar-refractivity contribution in [2.45, 2.75) is 13.2 Å². The molecule has 4 aromatic carbocycles. The lowest BCUT2D eigenvalue weighted by atomic mass is 10.1. The zero-order valence-electron chi connectivity index (χ0n) is 22.9. The van der Waals surface area contributed by atoms with Gasteiger partial charge in [0.15, 0.2) is 11.5 Å². The van der Waals surface area contributed by atoms with Crippen LogP contribution < -0.4 is 24.4 Å². The Hall–Kier alpha value is -4.02. The molecule has 1 aliphatic heterocycles. The normalized spacial score (nSPS) is 14.1. The highest BCUT2D eigenvalue weighted by Gasteiger charge is 2.37. The van der Waals surface area contributed by atoms with E-state index in [1.165, 1.54) is 25.3 Å². The molecule has 1 saturated heterocycles. The molecule has 12 heteroatoms. The summed E-state index contributed by atoms with van der Waals surface area (Å²) in [5.41, 5.74) is 2.05. The number of hydrogen-bond acceptors (Lipinski definition) is 6. The first-order chi connectivity index (χ1) is 21.1. The number of amides is 4. The predicted octanol–water partition coefficient (Wildman–Crippen LogP) is 8.24. The second-order valence-corrected chi connectivity index (χ2v) is 11.6. The number of carbonyl (C=O) groups excluding carboxylic acids is 3. The van der Waals surface area contributed by atoms with Crippen LogP contribution in [-0.2, 0) is 22.8 Å². The average Bonchev–Trinajstić information content (AvgIpc) is 2.98. The third-order valence-electron chi connectivity index (χ3n) is 6.44. The predicted molar refractivity (Wildman–Crippen MR) is 173 cm³/mol. The first kappa shape index (κ1) is 31.4. The number of nitrogens with one attached hydrogen (secondary N) is 1. The fourth-order valence-corrected chi connectivity index (χ4v) is 5.55. The standard InChI is InChI=1S/C32H22BrCl3N2O6/c1-42-28-14-19(13-26(33)29(28)44-16-18-3-2-4-21(34)11-18)12-25-30(39)37-32(41)38(31(25)40)23-7-9-24(10-8-23)43-17-20-5-6-22(35)15-27(20)36/h2-15H,16-17H2,1H3,(H,37,39,41)/b25-12+. The number of methoxy groups -OCH3 is 1. The third kappa shape index (κ3) is 7.19. The molecule has 224 valence electrons. The van der Waals surface area contributed by atoms with Crippen LogP contribution in [0.2, 0.25) is 15.1 Å². The van der Waals surface area contributed by atoms with E-state index in [2.05, 4.69) is 21.2 Å². The van der Waals surface area contributed by atoms with E-state index in [0.717, 1.165) is 16.0 Å². The third-order valence-corrected chi connectivity index (χ3v) is 7.85. The van der Waals surface area contributed by atoms with Crippen molar-refractivity contribution < 1.29 is 28.6 Å². The molecule has 0 saturated carbocycles. The van der Waals surface area contributed by atoms with E-state index >= 15 is 0 Å². The lowest BCUT2D eigenvalue weighted by molar-refractivity contribution is -0.122. The highest BCUT2D eigenvalue weighted by atomic mass is 79.9. The van der Waals surface area contributed by atoms with Gasteiger partial charge in [0, 0.05) is 20.6 Å². The second kappa shape index (κ2) is 13.7. The lowest BCUT2D eigenvalue weighted by Crippen LogP contribution is -2.54. The van der Waals surface area contributed by atoms with Gasteiger partial charge < -0.3 is 14.2 Å². The van der Waals surface area contributed by atoms with Crippen LogP contribution in [0.1, 0.15) is 16.7 Å². The smallest absolute Gasteiger partial charge is 0.335 e. The van der Waals surface area contributed by atoms with Crippen molar-refractivity contribution in [1.29, 1.82) is 0 Å². The first-order valence-electron chi connectivity index (χ1n) is 13.0. The summed E-state index contributed by atoms with van der Waals surface area (Å²) in [5, 5.41) is 3.80. The molecular formula is C32H22BrCl3N2O6. The van der Waals surface area contributed by atoms with Crippen molar-refractivity contribution in [2.24, 2.45) is 0 Å². The van der Waals surface area contributed by atoms with Crippen LogP contribution in [0.5, 0.6) is 17.2 Å². The minimum atomic E-state index is -0.873. The Balaban J connectivity index is 1.34. The van der Waals surface area contributed by atoms with Gasteiger partial charge >= 0.3 is 6.03 Å². The van der Waals surface area contributed by atoms with Gasteiger partial charge in [0.2, 0.25) is 0 Å². The highest BCUT2D eigenvalue weighted by Crippen LogP contribution is 2.38. The van der Waals surface area contributed by atoms with Gasteiger partial charge in [-0.3, -0.25) is 14.9 Å². The summed E-state index contributed by atoms with van der Waals surface area (Å²) in [6.45, 7) is 0.413. The first-order valence-corrected chi connectivity index (χ1v) is 14.9. The van der Waals surface area contributed by atoms with Gasteiger partial charge in [-0.25, -0.2) is 9.69 Å². The number of urea groups is 1.